The Morgan fingerprint density at radius 1 is 1.10 bits per heavy atom. The van der Waals surface area contributed by atoms with Crippen LogP contribution in [0.3, 0.4) is 0 Å². The Balaban J connectivity index is 1.30. The number of nitrogens with one attached hydrogen (secondary N) is 3. The fourth-order valence-electron chi connectivity index (χ4n) is 5.36. The van der Waals surface area contributed by atoms with Crippen LogP contribution in [-0.2, 0) is 4.79 Å². The second kappa shape index (κ2) is 11.0. The van der Waals surface area contributed by atoms with Crippen LogP contribution in [0.2, 0.25) is 0 Å². The van der Waals surface area contributed by atoms with E-state index in [-0.39, 0.29) is 23.9 Å². The highest BCUT2D eigenvalue weighted by Gasteiger charge is 2.35. The quantitative estimate of drug-likeness (QED) is 0.241. The summed E-state index contributed by atoms with van der Waals surface area (Å²) in [6.45, 7) is 5.41. The van der Waals surface area contributed by atoms with Crippen molar-refractivity contribution >= 4 is 56.5 Å². The molecule has 0 unspecified atom stereocenters. The molecule has 6 rings (SSSR count). The number of para-hydroxylation sites is 1. The molecule has 0 radical (unpaired) electrons. The number of ether oxygens (including phenoxy) is 1. The van der Waals surface area contributed by atoms with Gasteiger partial charge in [-0.2, -0.15) is 0 Å². The van der Waals surface area contributed by atoms with E-state index in [0.29, 0.717) is 43.8 Å². The minimum absolute atomic E-state index is 0.188. The lowest BCUT2D eigenvalue weighted by Gasteiger charge is -2.32. The molecule has 2 aliphatic rings. The summed E-state index contributed by atoms with van der Waals surface area (Å²) in [5.41, 5.74) is 2.41. The van der Waals surface area contributed by atoms with Crippen molar-refractivity contribution < 1.29 is 19.1 Å². The van der Waals surface area contributed by atoms with Gasteiger partial charge in [-0.15, -0.1) is 11.3 Å². The average molecular weight is 569 g/mol. The van der Waals surface area contributed by atoms with Crippen LogP contribution in [-0.4, -0.2) is 39.9 Å². The molecule has 3 N–H and O–H groups in total. The number of hydrogen-bond acceptors (Lipinski definition) is 7. The van der Waals surface area contributed by atoms with Gasteiger partial charge in [0.1, 0.15) is 15.5 Å². The number of carbonyl (C=O) groups is 3. The highest BCUT2D eigenvalue weighted by atomic mass is 32.1. The van der Waals surface area contributed by atoms with Crippen LogP contribution in [0.4, 0.5) is 21.9 Å². The van der Waals surface area contributed by atoms with Crippen molar-refractivity contribution in [1.29, 1.82) is 0 Å². The number of aromatic nitrogens is 2. The molecule has 0 bridgehead atoms. The van der Waals surface area contributed by atoms with Crippen molar-refractivity contribution in [3.05, 3.63) is 78.0 Å². The fraction of sp³-hybridized carbons (Fsp3) is 0.233. The van der Waals surface area contributed by atoms with Gasteiger partial charge in [-0.25, -0.2) is 14.8 Å². The van der Waals surface area contributed by atoms with Crippen LogP contribution in [0.5, 0.6) is 11.6 Å². The maximum absolute atomic E-state index is 13.5. The Morgan fingerprint density at radius 2 is 1.85 bits per heavy atom. The molecular formula is C30H28N6O4S. The third kappa shape index (κ3) is 5.11. The highest BCUT2D eigenvalue weighted by molar-refractivity contribution is 7.21. The van der Waals surface area contributed by atoms with Crippen LogP contribution >= 0.6 is 11.3 Å². The first-order valence-electron chi connectivity index (χ1n) is 13.4. The second-order valence-corrected chi connectivity index (χ2v) is 11.0. The van der Waals surface area contributed by atoms with Crippen LogP contribution < -0.4 is 25.6 Å². The number of hydrogen-bond donors (Lipinski definition) is 3. The van der Waals surface area contributed by atoms with Gasteiger partial charge >= 0.3 is 6.03 Å². The number of pyridine rings is 2. The lowest BCUT2D eigenvalue weighted by Crippen LogP contribution is -2.52. The number of thiophene rings is 1. The fourth-order valence-corrected chi connectivity index (χ4v) is 6.38. The summed E-state index contributed by atoms with van der Waals surface area (Å²) in [6.07, 6.45) is 7.89. The second-order valence-electron chi connectivity index (χ2n) is 9.99. The molecule has 1 aromatic carbocycles. The normalized spacial score (nSPS) is 18.0. The molecule has 41 heavy (non-hydrogen) atoms. The molecule has 4 heterocycles. The summed E-state index contributed by atoms with van der Waals surface area (Å²) < 4.78 is 5.86. The molecule has 1 saturated carbocycles. The summed E-state index contributed by atoms with van der Waals surface area (Å²) in [4.78, 5) is 50.5. The molecule has 0 saturated heterocycles. The number of urea groups is 1. The van der Waals surface area contributed by atoms with E-state index in [9.17, 15) is 14.4 Å². The van der Waals surface area contributed by atoms with Gasteiger partial charge in [0.05, 0.1) is 28.6 Å². The minimum Gasteiger partial charge on any atom is -0.439 e. The number of nitrogens with zero attached hydrogens (tertiary/aromatic N) is 3. The van der Waals surface area contributed by atoms with Crippen molar-refractivity contribution in [2.24, 2.45) is 0 Å². The summed E-state index contributed by atoms with van der Waals surface area (Å²) in [5, 5.41) is 9.64. The number of benzene rings is 1. The molecule has 1 aliphatic carbocycles. The number of amides is 4. The molecular weight excluding hydrogens is 540 g/mol. The van der Waals surface area contributed by atoms with E-state index >= 15 is 0 Å². The molecule has 4 amide bonds. The van der Waals surface area contributed by atoms with E-state index in [4.69, 9.17) is 4.74 Å². The van der Waals surface area contributed by atoms with Gasteiger partial charge in [-0.3, -0.25) is 14.5 Å². The minimum atomic E-state index is -0.409. The van der Waals surface area contributed by atoms with Crippen molar-refractivity contribution in [2.75, 3.05) is 10.2 Å². The third-order valence-electron chi connectivity index (χ3n) is 7.31. The first kappa shape index (κ1) is 26.5. The van der Waals surface area contributed by atoms with Crippen molar-refractivity contribution in [1.82, 2.24) is 20.6 Å². The van der Waals surface area contributed by atoms with Crippen molar-refractivity contribution in [3.8, 4) is 11.6 Å². The first-order valence-corrected chi connectivity index (χ1v) is 14.2. The summed E-state index contributed by atoms with van der Waals surface area (Å²) >= 11 is 1.22. The van der Waals surface area contributed by atoms with E-state index in [1.807, 2.05) is 37.3 Å². The Bertz CT molecular complexity index is 1670. The maximum Gasteiger partial charge on any atom is 0.331 e. The molecule has 2 atom stereocenters. The van der Waals surface area contributed by atoms with Gasteiger partial charge in [0.2, 0.25) is 11.8 Å². The molecule has 0 spiro atoms. The van der Waals surface area contributed by atoms with Gasteiger partial charge < -0.3 is 20.7 Å². The topological polar surface area (TPSA) is 126 Å². The smallest absolute Gasteiger partial charge is 0.331 e. The molecule has 1 aliphatic heterocycles. The third-order valence-corrected chi connectivity index (χ3v) is 8.41. The molecule has 10 nitrogen and oxygen atoms in total. The van der Waals surface area contributed by atoms with E-state index in [1.165, 1.54) is 17.4 Å². The number of aryl methyl sites for hydroxylation is 1. The predicted molar refractivity (Wildman–Crippen MR) is 158 cm³/mol. The average Bonchev–Trinajstić information content (AvgIpc) is 3.35. The highest BCUT2D eigenvalue weighted by Crippen LogP contribution is 2.46. The van der Waals surface area contributed by atoms with E-state index in [2.05, 4.69) is 32.5 Å². The zero-order valence-electron chi connectivity index (χ0n) is 22.3. The Hall–Kier alpha value is -4.77. The molecule has 4 aromatic rings. The lowest BCUT2D eigenvalue weighted by atomic mass is 9.90. The van der Waals surface area contributed by atoms with Gasteiger partial charge in [0.15, 0.2) is 0 Å². The van der Waals surface area contributed by atoms with Crippen LogP contribution in [0.25, 0.3) is 10.2 Å². The number of rotatable bonds is 7. The first-order chi connectivity index (χ1) is 19.9. The summed E-state index contributed by atoms with van der Waals surface area (Å²) in [6, 6.07) is 12.1. The van der Waals surface area contributed by atoms with Gasteiger partial charge in [0, 0.05) is 24.3 Å². The van der Waals surface area contributed by atoms with E-state index in [0.717, 1.165) is 31.2 Å². The Kier molecular flexibility index (Phi) is 7.10. The van der Waals surface area contributed by atoms with Crippen molar-refractivity contribution in [2.45, 2.75) is 44.7 Å². The predicted octanol–water partition coefficient (Wildman–Crippen LogP) is 5.82. The largest absolute Gasteiger partial charge is 0.439 e. The summed E-state index contributed by atoms with van der Waals surface area (Å²) in [7, 11) is 0. The SMILES string of the molecule is C=CC(=O)N[C@H]1CCCC[C@H]1NC(=O)c1sc2nccc3c2c1NC(=O)N3c1cnc(Oc2ccccc2)cc1C. The van der Waals surface area contributed by atoms with Gasteiger partial charge in [-0.05, 0) is 49.6 Å². The molecule has 3 aromatic heterocycles. The maximum atomic E-state index is 13.5. The van der Waals surface area contributed by atoms with Crippen molar-refractivity contribution in [3.63, 3.8) is 0 Å². The van der Waals surface area contributed by atoms with Crippen LogP contribution in [0, 0.1) is 6.92 Å². The molecule has 208 valence electrons. The monoisotopic (exact) mass is 568 g/mol. The van der Waals surface area contributed by atoms with Crippen LogP contribution in [0.1, 0.15) is 40.9 Å². The van der Waals surface area contributed by atoms with E-state index < -0.39 is 6.03 Å². The van der Waals surface area contributed by atoms with Crippen LogP contribution in [0.15, 0.2) is 67.5 Å². The Morgan fingerprint density at radius 3 is 2.59 bits per heavy atom. The Labute approximate surface area is 240 Å². The summed E-state index contributed by atoms with van der Waals surface area (Å²) in [5.74, 6) is 0.497. The lowest BCUT2D eigenvalue weighted by molar-refractivity contribution is -0.117. The number of carbonyl (C=O) groups excluding carboxylic acids is 3. The van der Waals surface area contributed by atoms with Gasteiger partial charge in [0.25, 0.3) is 5.91 Å². The molecule has 11 heteroatoms. The van der Waals surface area contributed by atoms with Gasteiger partial charge in [-0.1, -0.05) is 37.6 Å². The zero-order valence-corrected chi connectivity index (χ0v) is 23.2. The standard InChI is InChI=1S/C30H28N6O4S/c1-3-23(37)33-19-11-7-8-12-20(19)34-28(38)27-26-25-21(13-14-31-29(25)41-27)36(30(39)35-26)22-16-32-24(15-17(22)2)40-18-9-5-4-6-10-18/h3-6,9-10,13-16,19-20H,1,7-8,11-12H2,2H3,(H,33,37)(H,34,38)(H,35,39)/t19-,20+/m0/s1. The number of anilines is 3. The zero-order chi connectivity index (χ0) is 28.5. The molecule has 1 fully saturated rings. The van der Waals surface area contributed by atoms with E-state index in [1.54, 1.807) is 29.4 Å².